The lowest BCUT2D eigenvalue weighted by atomic mass is 10.0. The van der Waals surface area contributed by atoms with E-state index in [1.807, 2.05) is 26.0 Å². The highest BCUT2D eigenvalue weighted by atomic mass is 32.2. The largest absolute Gasteiger partial charge is 0.280 e. The second-order valence-corrected chi connectivity index (χ2v) is 11.3. The lowest BCUT2D eigenvalue weighted by Gasteiger charge is -2.30. The van der Waals surface area contributed by atoms with Gasteiger partial charge in [-0.2, -0.15) is 0 Å². The second-order valence-electron chi connectivity index (χ2n) is 7.67. The number of nitrogens with zero attached hydrogens (tertiary/aromatic N) is 1. The van der Waals surface area contributed by atoms with Crippen LogP contribution in [0.5, 0.6) is 0 Å². The predicted octanol–water partition coefficient (Wildman–Crippen LogP) is 3.91. The van der Waals surface area contributed by atoms with Gasteiger partial charge in [-0.1, -0.05) is 24.6 Å². The van der Waals surface area contributed by atoms with Crippen LogP contribution in [-0.4, -0.2) is 29.1 Å². The van der Waals surface area contributed by atoms with Gasteiger partial charge in [0.15, 0.2) is 0 Å². The Hall–Kier alpha value is -2.06. The standard InChI is InChI=1S/C21H28N2O4S2/c1-5-11-28(24,25)23-10-6-7-18-14-19(8-9-20(18)23)22-29(26,27)21-16(3)12-15(2)13-17(21)4/h8-9,12-14,22H,5-7,10-11H2,1-4H3. The summed E-state index contributed by atoms with van der Waals surface area (Å²) in [6.45, 7) is 7.82. The first-order chi connectivity index (χ1) is 13.5. The van der Waals surface area contributed by atoms with Crippen LogP contribution in [0, 0.1) is 20.8 Å². The third kappa shape index (κ3) is 4.43. The maximum absolute atomic E-state index is 13.0. The van der Waals surface area contributed by atoms with Gasteiger partial charge in [-0.05, 0) is 74.9 Å². The molecule has 0 saturated carbocycles. The van der Waals surface area contributed by atoms with Gasteiger partial charge in [0.05, 0.1) is 16.3 Å². The lowest BCUT2D eigenvalue weighted by molar-refractivity contribution is 0.585. The summed E-state index contributed by atoms with van der Waals surface area (Å²) in [6, 6.07) is 8.79. The molecule has 6 nitrogen and oxygen atoms in total. The number of hydrogen-bond acceptors (Lipinski definition) is 4. The van der Waals surface area contributed by atoms with Crippen molar-refractivity contribution >= 4 is 31.4 Å². The van der Waals surface area contributed by atoms with E-state index in [0.717, 1.165) is 11.1 Å². The molecule has 29 heavy (non-hydrogen) atoms. The zero-order valence-electron chi connectivity index (χ0n) is 17.3. The monoisotopic (exact) mass is 436 g/mol. The summed E-state index contributed by atoms with van der Waals surface area (Å²) in [6.07, 6.45) is 1.98. The molecule has 0 spiro atoms. The quantitative estimate of drug-likeness (QED) is 0.744. The van der Waals surface area contributed by atoms with E-state index >= 15 is 0 Å². The highest BCUT2D eigenvalue weighted by Gasteiger charge is 2.27. The number of aryl methyl sites for hydroxylation is 4. The molecule has 0 radical (unpaired) electrons. The Balaban J connectivity index is 1.95. The number of anilines is 2. The first-order valence-corrected chi connectivity index (χ1v) is 12.9. The molecule has 1 heterocycles. The normalized spacial score (nSPS) is 14.6. The van der Waals surface area contributed by atoms with Crippen LogP contribution in [0.1, 0.15) is 42.0 Å². The van der Waals surface area contributed by atoms with Crippen molar-refractivity contribution in [1.29, 1.82) is 0 Å². The molecule has 3 rings (SSSR count). The molecule has 0 aromatic heterocycles. The molecule has 1 aliphatic rings. The number of fused-ring (bicyclic) bond motifs is 1. The van der Waals surface area contributed by atoms with Gasteiger partial charge in [0.2, 0.25) is 10.0 Å². The number of benzene rings is 2. The summed E-state index contributed by atoms with van der Waals surface area (Å²) in [4.78, 5) is 0.285. The van der Waals surface area contributed by atoms with Gasteiger partial charge in [0.1, 0.15) is 0 Å². The molecule has 2 aromatic carbocycles. The van der Waals surface area contributed by atoms with Crippen molar-refractivity contribution in [1.82, 2.24) is 0 Å². The molecule has 0 aliphatic carbocycles. The zero-order chi connectivity index (χ0) is 21.4. The Labute approximate surface area is 174 Å². The Kier molecular flexibility index (Phi) is 5.96. The van der Waals surface area contributed by atoms with E-state index in [1.54, 1.807) is 32.0 Å². The number of hydrogen-bond donors (Lipinski definition) is 1. The molecular formula is C21H28N2O4S2. The molecule has 0 atom stereocenters. The number of rotatable bonds is 6. The summed E-state index contributed by atoms with van der Waals surface area (Å²) in [5, 5.41) is 0. The molecule has 158 valence electrons. The van der Waals surface area contributed by atoms with E-state index in [-0.39, 0.29) is 10.6 Å². The molecule has 0 saturated heterocycles. The topological polar surface area (TPSA) is 83.6 Å². The fraction of sp³-hybridized carbons (Fsp3) is 0.429. The summed E-state index contributed by atoms with van der Waals surface area (Å²) >= 11 is 0. The van der Waals surface area contributed by atoms with Crippen molar-refractivity contribution in [2.75, 3.05) is 21.3 Å². The predicted molar refractivity (Wildman–Crippen MR) is 118 cm³/mol. The van der Waals surface area contributed by atoms with Gasteiger partial charge in [-0.3, -0.25) is 9.03 Å². The van der Waals surface area contributed by atoms with E-state index < -0.39 is 20.0 Å². The van der Waals surface area contributed by atoms with Crippen LogP contribution in [0.25, 0.3) is 0 Å². The van der Waals surface area contributed by atoms with Crippen LogP contribution in [-0.2, 0) is 26.5 Å². The molecule has 1 aliphatic heterocycles. The summed E-state index contributed by atoms with van der Waals surface area (Å²) in [5.41, 5.74) is 4.34. The number of sulfonamides is 2. The molecule has 0 unspecified atom stereocenters. The molecule has 0 bridgehead atoms. The molecule has 2 aromatic rings. The average molecular weight is 437 g/mol. The first kappa shape index (κ1) is 21.6. The molecule has 1 N–H and O–H groups in total. The van der Waals surface area contributed by atoms with Gasteiger partial charge in [0, 0.05) is 12.2 Å². The minimum atomic E-state index is -3.75. The van der Waals surface area contributed by atoms with Crippen LogP contribution >= 0.6 is 0 Å². The van der Waals surface area contributed by atoms with E-state index in [2.05, 4.69) is 4.72 Å². The maximum atomic E-state index is 13.0. The van der Waals surface area contributed by atoms with Crippen molar-refractivity contribution in [3.63, 3.8) is 0 Å². The highest BCUT2D eigenvalue weighted by molar-refractivity contribution is 7.93. The van der Waals surface area contributed by atoms with Crippen LogP contribution < -0.4 is 9.03 Å². The van der Waals surface area contributed by atoms with Crippen molar-refractivity contribution < 1.29 is 16.8 Å². The maximum Gasteiger partial charge on any atom is 0.262 e. The third-order valence-corrected chi connectivity index (χ3v) is 8.74. The van der Waals surface area contributed by atoms with E-state index in [0.29, 0.717) is 48.3 Å². The van der Waals surface area contributed by atoms with Gasteiger partial charge in [-0.15, -0.1) is 0 Å². The Bertz CT molecular complexity index is 1120. The third-order valence-electron chi connectivity index (χ3n) is 5.08. The molecule has 8 heteroatoms. The van der Waals surface area contributed by atoms with E-state index in [9.17, 15) is 16.8 Å². The molecular weight excluding hydrogens is 408 g/mol. The fourth-order valence-electron chi connectivity index (χ4n) is 4.08. The lowest BCUT2D eigenvalue weighted by Crippen LogP contribution is -2.37. The number of nitrogens with one attached hydrogen (secondary N) is 1. The van der Waals surface area contributed by atoms with Gasteiger partial charge in [0.25, 0.3) is 10.0 Å². The van der Waals surface area contributed by atoms with Gasteiger partial charge in [-0.25, -0.2) is 16.8 Å². The van der Waals surface area contributed by atoms with Crippen molar-refractivity contribution in [3.8, 4) is 0 Å². The first-order valence-electron chi connectivity index (χ1n) is 9.79. The summed E-state index contributed by atoms with van der Waals surface area (Å²) in [5.74, 6) is 0.104. The van der Waals surface area contributed by atoms with Gasteiger partial charge >= 0.3 is 0 Å². The molecule has 0 fully saturated rings. The highest BCUT2D eigenvalue weighted by Crippen LogP contribution is 2.33. The van der Waals surface area contributed by atoms with E-state index in [1.165, 1.54) is 4.31 Å². The van der Waals surface area contributed by atoms with Crippen molar-refractivity contribution in [2.24, 2.45) is 0 Å². The van der Waals surface area contributed by atoms with Crippen molar-refractivity contribution in [3.05, 3.63) is 52.6 Å². The van der Waals surface area contributed by atoms with Crippen LogP contribution in [0.15, 0.2) is 35.2 Å². The minimum absolute atomic E-state index is 0.104. The second kappa shape index (κ2) is 7.99. The summed E-state index contributed by atoms with van der Waals surface area (Å²) in [7, 11) is -7.11. The Morgan fingerprint density at radius 2 is 1.66 bits per heavy atom. The zero-order valence-corrected chi connectivity index (χ0v) is 19.0. The van der Waals surface area contributed by atoms with Crippen LogP contribution in [0.2, 0.25) is 0 Å². The SMILES string of the molecule is CCCS(=O)(=O)N1CCCc2cc(NS(=O)(=O)c3c(C)cc(C)cc3C)ccc21. The molecule has 0 amide bonds. The van der Waals surface area contributed by atoms with Gasteiger partial charge < -0.3 is 0 Å². The summed E-state index contributed by atoms with van der Waals surface area (Å²) < 4.78 is 55.3. The van der Waals surface area contributed by atoms with Crippen LogP contribution in [0.3, 0.4) is 0 Å². The van der Waals surface area contributed by atoms with E-state index in [4.69, 9.17) is 0 Å². The van der Waals surface area contributed by atoms with Crippen molar-refractivity contribution in [2.45, 2.75) is 51.9 Å². The Morgan fingerprint density at radius 1 is 1.00 bits per heavy atom. The Morgan fingerprint density at radius 3 is 2.28 bits per heavy atom. The average Bonchev–Trinajstić information content (AvgIpc) is 2.59. The smallest absolute Gasteiger partial charge is 0.262 e. The minimum Gasteiger partial charge on any atom is -0.280 e. The fourth-order valence-corrected chi connectivity index (χ4v) is 7.21. The van der Waals surface area contributed by atoms with Crippen LogP contribution in [0.4, 0.5) is 11.4 Å².